The standard InChI is InChI=1S/C19H22N2O3/c1-12-10-13(2)20(3)18(22)17(12)19(23)21-9-8-16(21)14-6-5-7-15(11-14)24-4/h5-7,10-11,16H,8-9H2,1-4H3/t16-/m1/s1. The Morgan fingerprint density at radius 1 is 1.25 bits per heavy atom. The van der Waals surface area contributed by atoms with Crippen molar-refractivity contribution in [2.24, 2.45) is 7.05 Å². The van der Waals surface area contributed by atoms with E-state index in [0.29, 0.717) is 6.54 Å². The van der Waals surface area contributed by atoms with Crippen LogP contribution in [0.15, 0.2) is 35.1 Å². The van der Waals surface area contributed by atoms with Crippen LogP contribution < -0.4 is 10.3 Å². The molecular weight excluding hydrogens is 304 g/mol. The number of nitrogens with zero attached hydrogens (tertiary/aromatic N) is 2. The van der Waals surface area contributed by atoms with Crippen LogP contribution in [-0.2, 0) is 7.05 Å². The van der Waals surface area contributed by atoms with Crippen molar-refractivity contribution in [1.82, 2.24) is 9.47 Å². The molecule has 1 fully saturated rings. The smallest absolute Gasteiger partial charge is 0.263 e. The lowest BCUT2D eigenvalue weighted by atomic mass is 9.93. The van der Waals surface area contributed by atoms with Crippen molar-refractivity contribution in [3.05, 3.63) is 63.1 Å². The molecule has 0 bridgehead atoms. The Bertz CT molecular complexity index is 854. The molecule has 1 aromatic heterocycles. The van der Waals surface area contributed by atoms with E-state index in [0.717, 1.165) is 29.0 Å². The third-order valence-corrected chi connectivity index (χ3v) is 4.84. The van der Waals surface area contributed by atoms with Crippen LogP contribution in [0, 0.1) is 13.8 Å². The summed E-state index contributed by atoms with van der Waals surface area (Å²) in [4.78, 5) is 27.3. The van der Waals surface area contributed by atoms with Crippen molar-refractivity contribution in [2.45, 2.75) is 26.3 Å². The molecule has 0 radical (unpaired) electrons. The Balaban J connectivity index is 1.94. The van der Waals surface area contributed by atoms with E-state index in [9.17, 15) is 9.59 Å². The molecule has 0 saturated carbocycles. The summed E-state index contributed by atoms with van der Waals surface area (Å²) >= 11 is 0. The summed E-state index contributed by atoms with van der Waals surface area (Å²) in [6.07, 6.45) is 0.893. The van der Waals surface area contributed by atoms with Gasteiger partial charge in [-0.25, -0.2) is 0 Å². The number of methoxy groups -OCH3 is 1. The lowest BCUT2D eigenvalue weighted by Crippen LogP contribution is -2.47. The second-order valence-electron chi connectivity index (χ2n) is 6.29. The fourth-order valence-electron chi connectivity index (χ4n) is 3.21. The van der Waals surface area contributed by atoms with Crippen LogP contribution in [0.3, 0.4) is 0 Å². The third-order valence-electron chi connectivity index (χ3n) is 4.84. The highest BCUT2D eigenvalue weighted by Gasteiger charge is 2.35. The fourth-order valence-corrected chi connectivity index (χ4v) is 3.21. The SMILES string of the molecule is COc1cccc([C@H]2CCN2C(=O)c2c(C)cc(C)n(C)c2=O)c1. The number of rotatable bonds is 3. The predicted molar refractivity (Wildman–Crippen MR) is 92.5 cm³/mol. The lowest BCUT2D eigenvalue weighted by Gasteiger charge is -2.41. The normalized spacial score (nSPS) is 16.7. The van der Waals surface area contributed by atoms with Crippen molar-refractivity contribution in [1.29, 1.82) is 0 Å². The van der Waals surface area contributed by atoms with Crippen molar-refractivity contribution in [2.75, 3.05) is 13.7 Å². The number of pyridine rings is 1. The van der Waals surface area contributed by atoms with Crippen molar-refractivity contribution in [3.63, 3.8) is 0 Å². The molecule has 1 amide bonds. The minimum Gasteiger partial charge on any atom is -0.497 e. The summed E-state index contributed by atoms with van der Waals surface area (Å²) < 4.78 is 6.79. The summed E-state index contributed by atoms with van der Waals surface area (Å²) in [6.45, 7) is 4.35. The highest BCUT2D eigenvalue weighted by Crippen LogP contribution is 2.35. The van der Waals surface area contributed by atoms with Gasteiger partial charge in [0, 0.05) is 19.3 Å². The highest BCUT2D eigenvalue weighted by atomic mass is 16.5. The topological polar surface area (TPSA) is 51.5 Å². The Kier molecular flexibility index (Phi) is 4.18. The van der Waals surface area contributed by atoms with Crippen molar-refractivity contribution in [3.8, 4) is 5.75 Å². The number of aryl methyl sites for hydroxylation is 2. The summed E-state index contributed by atoms with van der Waals surface area (Å²) in [7, 11) is 3.33. The monoisotopic (exact) mass is 326 g/mol. The molecule has 1 saturated heterocycles. The maximum atomic E-state index is 13.0. The van der Waals surface area contributed by atoms with Crippen molar-refractivity contribution >= 4 is 5.91 Å². The Morgan fingerprint density at radius 3 is 2.62 bits per heavy atom. The molecule has 126 valence electrons. The van der Waals surface area contributed by atoms with E-state index in [2.05, 4.69) is 0 Å². The van der Waals surface area contributed by atoms with E-state index in [-0.39, 0.29) is 23.1 Å². The molecule has 0 N–H and O–H groups in total. The van der Waals surface area contributed by atoms with Gasteiger partial charge in [-0.2, -0.15) is 0 Å². The number of aromatic nitrogens is 1. The zero-order valence-electron chi connectivity index (χ0n) is 14.5. The van der Waals surface area contributed by atoms with Gasteiger partial charge in [0.05, 0.1) is 13.2 Å². The number of hydrogen-bond donors (Lipinski definition) is 0. The number of benzene rings is 1. The fraction of sp³-hybridized carbons (Fsp3) is 0.368. The predicted octanol–water partition coefficient (Wildman–Crippen LogP) is 2.60. The molecule has 2 heterocycles. The first kappa shape index (κ1) is 16.3. The van der Waals surface area contributed by atoms with Crippen LogP contribution in [0.25, 0.3) is 0 Å². The summed E-state index contributed by atoms with van der Waals surface area (Å²) in [6, 6.07) is 9.63. The molecule has 1 aromatic carbocycles. The molecule has 5 nitrogen and oxygen atoms in total. The summed E-state index contributed by atoms with van der Waals surface area (Å²) in [5.74, 6) is 0.585. The van der Waals surface area contributed by atoms with Gasteiger partial charge < -0.3 is 14.2 Å². The van der Waals surface area contributed by atoms with Crippen LogP contribution >= 0.6 is 0 Å². The van der Waals surface area contributed by atoms with Crippen LogP contribution in [-0.4, -0.2) is 29.0 Å². The quantitative estimate of drug-likeness (QED) is 0.871. The molecule has 2 aromatic rings. The highest BCUT2D eigenvalue weighted by molar-refractivity contribution is 5.96. The molecule has 24 heavy (non-hydrogen) atoms. The second-order valence-corrected chi connectivity index (χ2v) is 6.29. The molecule has 1 atom stereocenters. The first-order valence-electron chi connectivity index (χ1n) is 8.06. The molecule has 3 rings (SSSR count). The molecule has 5 heteroatoms. The average molecular weight is 326 g/mol. The maximum absolute atomic E-state index is 13.0. The number of amides is 1. The van der Waals surface area contributed by atoms with Gasteiger partial charge in [0.25, 0.3) is 11.5 Å². The van der Waals surface area contributed by atoms with Crippen LogP contribution in [0.2, 0.25) is 0 Å². The zero-order valence-corrected chi connectivity index (χ0v) is 14.5. The number of carbonyl (C=O) groups excluding carboxylic acids is 1. The van der Waals surface area contributed by atoms with Crippen LogP contribution in [0.5, 0.6) is 5.75 Å². The molecule has 1 aliphatic heterocycles. The number of likely N-dealkylation sites (tertiary alicyclic amines) is 1. The number of ether oxygens (including phenoxy) is 1. The maximum Gasteiger partial charge on any atom is 0.263 e. The Morgan fingerprint density at radius 2 is 2.00 bits per heavy atom. The van der Waals surface area contributed by atoms with E-state index < -0.39 is 0 Å². The summed E-state index contributed by atoms with van der Waals surface area (Å²) in [5.41, 5.74) is 2.67. The Labute approximate surface area is 141 Å². The van der Waals surface area contributed by atoms with Crippen molar-refractivity contribution < 1.29 is 9.53 Å². The van der Waals surface area contributed by atoms with E-state index in [1.807, 2.05) is 44.2 Å². The van der Waals surface area contributed by atoms with Gasteiger partial charge >= 0.3 is 0 Å². The Hall–Kier alpha value is -2.56. The van der Waals surface area contributed by atoms with Gasteiger partial charge in [0.15, 0.2) is 0 Å². The molecule has 0 spiro atoms. The zero-order chi connectivity index (χ0) is 17.4. The lowest BCUT2D eigenvalue weighted by molar-refractivity contribution is 0.0456. The van der Waals surface area contributed by atoms with Gasteiger partial charge in [-0.05, 0) is 49.6 Å². The van der Waals surface area contributed by atoms with Gasteiger partial charge in [-0.3, -0.25) is 9.59 Å². The molecule has 1 aliphatic rings. The number of carbonyl (C=O) groups is 1. The molecule has 0 aliphatic carbocycles. The van der Waals surface area contributed by atoms with Crippen LogP contribution in [0.4, 0.5) is 0 Å². The summed E-state index contributed by atoms with van der Waals surface area (Å²) in [5, 5.41) is 0. The third kappa shape index (κ3) is 2.60. The van der Waals surface area contributed by atoms with E-state index >= 15 is 0 Å². The van der Waals surface area contributed by atoms with Gasteiger partial charge in [-0.1, -0.05) is 12.1 Å². The van der Waals surface area contributed by atoms with Gasteiger partial charge in [0.2, 0.25) is 0 Å². The number of hydrogen-bond acceptors (Lipinski definition) is 3. The van der Waals surface area contributed by atoms with Gasteiger partial charge in [0.1, 0.15) is 11.3 Å². The molecule has 0 unspecified atom stereocenters. The second kappa shape index (κ2) is 6.15. The largest absolute Gasteiger partial charge is 0.497 e. The molecular formula is C19H22N2O3. The average Bonchev–Trinajstić information content (AvgIpc) is 2.52. The van der Waals surface area contributed by atoms with Crippen LogP contribution in [0.1, 0.15) is 39.6 Å². The minimum absolute atomic E-state index is 0.00184. The van der Waals surface area contributed by atoms with E-state index in [1.54, 1.807) is 19.1 Å². The first-order valence-corrected chi connectivity index (χ1v) is 8.06. The van der Waals surface area contributed by atoms with Gasteiger partial charge in [-0.15, -0.1) is 0 Å². The minimum atomic E-state index is -0.228. The van der Waals surface area contributed by atoms with E-state index in [4.69, 9.17) is 4.74 Å². The first-order chi connectivity index (χ1) is 11.4. The van der Waals surface area contributed by atoms with E-state index in [1.165, 1.54) is 4.57 Å².